The average Bonchev–Trinajstić information content (AvgIpc) is 2.97. The zero-order chi connectivity index (χ0) is 14.7. The number of aromatic nitrogens is 1. The maximum Gasteiger partial charge on any atom is 0.185 e. The first kappa shape index (κ1) is 14.7. The van der Waals surface area contributed by atoms with Crippen molar-refractivity contribution in [3.8, 4) is 0 Å². The molecule has 1 atom stereocenters. The van der Waals surface area contributed by atoms with Gasteiger partial charge in [0.15, 0.2) is 5.13 Å². The van der Waals surface area contributed by atoms with Crippen molar-refractivity contribution in [1.29, 1.82) is 0 Å². The Morgan fingerprint density at radius 2 is 2.00 bits per heavy atom. The summed E-state index contributed by atoms with van der Waals surface area (Å²) in [5.74, 6) is 1.45. The predicted octanol–water partition coefficient (Wildman–Crippen LogP) is 1.99. The van der Waals surface area contributed by atoms with E-state index < -0.39 is 16.9 Å². The van der Waals surface area contributed by atoms with Crippen LogP contribution in [0.4, 0.5) is 5.13 Å². The summed E-state index contributed by atoms with van der Waals surface area (Å²) >= 11 is 1.60. The number of aliphatic hydroxyl groups is 1. The minimum Gasteiger partial charge on any atom is -0.388 e. The summed E-state index contributed by atoms with van der Waals surface area (Å²) in [4.78, 5) is 6.79. The van der Waals surface area contributed by atoms with Gasteiger partial charge in [0.25, 0.3) is 0 Å². The molecule has 0 radical (unpaired) electrons. The van der Waals surface area contributed by atoms with Crippen LogP contribution in [-0.4, -0.2) is 38.9 Å². The van der Waals surface area contributed by atoms with E-state index in [4.69, 9.17) is 0 Å². The molecule has 1 fully saturated rings. The number of aliphatic hydroxyl groups excluding tert-OH is 1. The predicted molar refractivity (Wildman–Crippen MR) is 87.3 cm³/mol. The van der Waals surface area contributed by atoms with Crippen molar-refractivity contribution in [2.75, 3.05) is 29.5 Å². The Balaban J connectivity index is 1.64. The normalized spacial score (nSPS) is 17.9. The zero-order valence-corrected chi connectivity index (χ0v) is 13.3. The van der Waals surface area contributed by atoms with E-state index in [0.29, 0.717) is 6.42 Å². The molecule has 1 aromatic heterocycles. The smallest absolute Gasteiger partial charge is 0.185 e. The van der Waals surface area contributed by atoms with Gasteiger partial charge in [0.1, 0.15) is 0 Å². The highest BCUT2D eigenvalue weighted by Gasteiger charge is 2.19. The van der Waals surface area contributed by atoms with Gasteiger partial charge in [-0.25, -0.2) is 4.98 Å². The lowest BCUT2D eigenvalue weighted by atomic mass is 10.1. The molecule has 1 saturated heterocycles. The number of hydrogen-bond acceptors (Lipinski definition) is 5. The second-order valence-corrected chi connectivity index (χ2v) is 7.62. The second-order valence-electron chi connectivity index (χ2n) is 5.09. The van der Waals surface area contributed by atoms with E-state index in [1.807, 2.05) is 35.7 Å². The second kappa shape index (κ2) is 6.68. The molecule has 1 unspecified atom stereocenters. The first-order valence-corrected chi connectivity index (χ1v) is 9.36. The van der Waals surface area contributed by atoms with Crippen molar-refractivity contribution in [2.45, 2.75) is 12.5 Å². The Morgan fingerprint density at radius 3 is 2.71 bits per heavy atom. The van der Waals surface area contributed by atoms with Gasteiger partial charge in [-0.3, -0.25) is 4.21 Å². The molecule has 1 N–H and O–H groups in total. The van der Waals surface area contributed by atoms with E-state index in [-0.39, 0.29) is 0 Å². The van der Waals surface area contributed by atoms with Crippen LogP contribution in [0, 0.1) is 0 Å². The lowest BCUT2D eigenvalue weighted by molar-refractivity contribution is 0.177. The maximum atomic E-state index is 11.4. The molecule has 1 aliphatic rings. The SMILES string of the molecule is O=S1CCN(c2nc(CC(O)c3ccccc3)cs2)CC1. The topological polar surface area (TPSA) is 53.4 Å². The maximum absolute atomic E-state index is 11.4. The van der Waals surface area contributed by atoms with Crippen molar-refractivity contribution in [2.24, 2.45) is 0 Å². The molecule has 0 amide bonds. The zero-order valence-electron chi connectivity index (χ0n) is 11.6. The third-order valence-corrected chi connectivity index (χ3v) is 5.80. The Morgan fingerprint density at radius 1 is 1.29 bits per heavy atom. The number of nitrogens with zero attached hydrogens (tertiary/aromatic N) is 2. The van der Waals surface area contributed by atoms with E-state index in [1.165, 1.54) is 0 Å². The molecule has 3 rings (SSSR count). The molecular formula is C15H18N2O2S2. The monoisotopic (exact) mass is 322 g/mol. The van der Waals surface area contributed by atoms with Crippen LogP contribution in [0.5, 0.6) is 0 Å². The van der Waals surface area contributed by atoms with E-state index in [9.17, 15) is 9.32 Å². The molecule has 112 valence electrons. The lowest BCUT2D eigenvalue weighted by Crippen LogP contribution is -2.37. The molecule has 21 heavy (non-hydrogen) atoms. The summed E-state index contributed by atoms with van der Waals surface area (Å²) in [6, 6.07) is 9.66. The standard InChI is InChI=1S/C15H18N2O2S2/c18-14(12-4-2-1-3-5-12)10-13-11-20-15(16-13)17-6-8-21(19)9-7-17/h1-5,11,14,18H,6-10H2. The van der Waals surface area contributed by atoms with Gasteiger partial charge in [-0.2, -0.15) is 0 Å². The van der Waals surface area contributed by atoms with Gasteiger partial charge < -0.3 is 10.0 Å². The molecular weight excluding hydrogens is 304 g/mol. The molecule has 2 aromatic rings. The Labute approximate surface area is 130 Å². The van der Waals surface area contributed by atoms with Gasteiger partial charge in [0, 0.05) is 47.2 Å². The number of rotatable bonds is 4. The highest BCUT2D eigenvalue weighted by molar-refractivity contribution is 7.85. The van der Waals surface area contributed by atoms with Crippen molar-refractivity contribution in [1.82, 2.24) is 4.98 Å². The van der Waals surface area contributed by atoms with Crippen LogP contribution >= 0.6 is 11.3 Å². The van der Waals surface area contributed by atoms with E-state index >= 15 is 0 Å². The van der Waals surface area contributed by atoms with E-state index in [2.05, 4.69) is 9.88 Å². The quantitative estimate of drug-likeness (QED) is 0.935. The lowest BCUT2D eigenvalue weighted by Gasteiger charge is -2.25. The van der Waals surface area contributed by atoms with Gasteiger partial charge in [-0.05, 0) is 5.56 Å². The fraction of sp³-hybridized carbons (Fsp3) is 0.400. The van der Waals surface area contributed by atoms with E-state index in [0.717, 1.165) is 41.0 Å². The number of benzene rings is 1. The summed E-state index contributed by atoms with van der Waals surface area (Å²) < 4.78 is 11.4. The summed E-state index contributed by atoms with van der Waals surface area (Å²) in [6.07, 6.45) is 0.00955. The minimum absolute atomic E-state index is 0.519. The third-order valence-electron chi connectivity index (χ3n) is 3.57. The molecule has 1 aliphatic heterocycles. The molecule has 0 spiro atoms. The summed E-state index contributed by atoms with van der Waals surface area (Å²) in [6.45, 7) is 1.61. The van der Waals surface area contributed by atoms with Crippen molar-refractivity contribution >= 4 is 27.3 Å². The first-order chi connectivity index (χ1) is 10.2. The molecule has 4 nitrogen and oxygen atoms in total. The molecule has 2 heterocycles. The average molecular weight is 322 g/mol. The summed E-state index contributed by atoms with van der Waals surface area (Å²) in [5.41, 5.74) is 1.83. The van der Waals surface area contributed by atoms with Crippen LogP contribution in [0.1, 0.15) is 17.4 Å². The van der Waals surface area contributed by atoms with Gasteiger partial charge in [0.2, 0.25) is 0 Å². The summed E-state index contributed by atoms with van der Waals surface area (Å²) in [7, 11) is -0.667. The Bertz CT molecular complexity index is 605. The molecule has 0 aliphatic carbocycles. The van der Waals surface area contributed by atoms with Crippen molar-refractivity contribution in [3.63, 3.8) is 0 Å². The van der Waals surface area contributed by atoms with Crippen LogP contribution in [-0.2, 0) is 17.2 Å². The Kier molecular flexibility index (Phi) is 4.67. The fourth-order valence-electron chi connectivity index (χ4n) is 2.36. The van der Waals surface area contributed by atoms with Crippen molar-refractivity contribution in [3.05, 3.63) is 47.0 Å². The van der Waals surface area contributed by atoms with Gasteiger partial charge >= 0.3 is 0 Å². The van der Waals surface area contributed by atoms with Crippen LogP contribution in [0.15, 0.2) is 35.7 Å². The highest BCUT2D eigenvalue weighted by Crippen LogP contribution is 2.25. The van der Waals surface area contributed by atoms with Gasteiger partial charge in [-0.15, -0.1) is 11.3 Å². The van der Waals surface area contributed by atoms with Gasteiger partial charge in [0.05, 0.1) is 11.8 Å². The number of anilines is 1. The van der Waals surface area contributed by atoms with E-state index in [1.54, 1.807) is 11.3 Å². The number of thiazole rings is 1. The van der Waals surface area contributed by atoms with Crippen LogP contribution in [0.2, 0.25) is 0 Å². The third kappa shape index (κ3) is 3.70. The minimum atomic E-state index is -0.667. The van der Waals surface area contributed by atoms with Crippen LogP contribution in [0.3, 0.4) is 0 Å². The highest BCUT2D eigenvalue weighted by atomic mass is 32.2. The molecule has 6 heteroatoms. The molecule has 0 bridgehead atoms. The van der Waals surface area contributed by atoms with Crippen molar-refractivity contribution < 1.29 is 9.32 Å². The molecule has 0 saturated carbocycles. The molecule has 1 aromatic carbocycles. The Hall–Kier alpha value is -1.24. The summed E-state index contributed by atoms with van der Waals surface area (Å²) in [5, 5.41) is 13.2. The number of hydrogen-bond donors (Lipinski definition) is 1. The first-order valence-electron chi connectivity index (χ1n) is 7.00. The fourth-order valence-corrected chi connectivity index (χ4v) is 4.30. The van der Waals surface area contributed by atoms with Crippen LogP contribution in [0.25, 0.3) is 0 Å². The largest absolute Gasteiger partial charge is 0.388 e. The van der Waals surface area contributed by atoms with Gasteiger partial charge in [-0.1, -0.05) is 30.3 Å². The van der Waals surface area contributed by atoms with Crippen LogP contribution < -0.4 is 4.90 Å².